The number of aromatic nitrogens is 2. The maximum Gasteiger partial charge on any atom is 0.416 e. The molecule has 3 aromatic rings. The lowest BCUT2D eigenvalue weighted by Gasteiger charge is -2.12. The average Bonchev–Trinajstić information content (AvgIpc) is 2.80. The van der Waals surface area contributed by atoms with Gasteiger partial charge in [-0.15, -0.1) is 0 Å². The summed E-state index contributed by atoms with van der Waals surface area (Å²) >= 11 is 0. The van der Waals surface area contributed by atoms with Gasteiger partial charge in [-0.2, -0.15) is 13.2 Å². The fourth-order valence-corrected chi connectivity index (χ4v) is 2.42. The Balaban J connectivity index is 2.04. The third-order valence-corrected chi connectivity index (χ3v) is 3.44. The molecule has 108 valence electrons. The van der Waals surface area contributed by atoms with Crippen molar-refractivity contribution in [2.24, 2.45) is 0 Å². The van der Waals surface area contributed by atoms with E-state index in [4.69, 9.17) is 0 Å². The van der Waals surface area contributed by atoms with E-state index in [-0.39, 0.29) is 12.0 Å². The second-order valence-corrected chi connectivity index (χ2v) is 5.01. The van der Waals surface area contributed by atoms with Gasteiger partial charge in [0.25, 0.3) is 0 Å². The molecule has 0 saturated carbocycles. The molecule has 0 radical (unpaired) electrons. The number of aryl methyl sites for hydroxylation is 1. The molecule has 0 unspecified atom stereocenters. The Hall–Kier alpha value is -2.30. The van der Waals surface area contributed by atoms with Gasteiger partial charge in [-0.1, -0.05) is 18.2 Å². The summed E-state index contributed by atoms with van der Waals surface area (Å²) in [5.41, 5.74) is 1.60. The Bertz CT molecular complexity index is 788. The summed E-state index contributed by atoms with van der Waals surface area (Å²) in [6.07, 6.45) is -0.686. The second kappa shape index (κ2) is 4.91. The van der Waals surface area contributed by atoms with Crippen molar-refractivity contribution in [3.05, 3.63) is 71.3 Å². The van der Waals surface area contributed by atoms with Crippen molar-refractivity contribution in [3.63, 3.8) is 0 Å². The van der Waals surface area contributed by atoms with Crippen molar-refractivity contribution in [1.82, 2.24) is 9.38 Å². The van der Waals surface area contributed by atoms with E-state index < -0.39 is 11.7 Å². The van der Waals surface area contributed by atoms with E-state index in [2.05, 4.69) is 4.98 Å². The summed E-state index contributed by atoms with van der Waals surface area (Å²) in [6, 6.07) is 9.48. The lowest BCUT2D eigenvalue weighted by molar-refractivity contribution is -0.138. The van der Waals surface area contributed by atoms with E-state index in [0.717, 1.165) is 17.1 Å². The minimum Gasteiger partial charge on any atom is -0.303 e. The zero-order chi connectivity index (χ0) is 15.0. The van der Waals surface area contributed by atoms with E-state index in [9.17, 15) is 13.2 Å². The standard InChI is InChI=1S/C16H13F3N2/c1-11-6-7-21-13(8-11)10-20-15(21)9-12-4-2-3-5-14(12)16(17,18)19/h2-8,10H,9H2,1H3. The molecule has 21 heavy (non-hydrogen) atoms. The van der Waals surface area contributed by atoms with Gasteiger partial charge in [0.1, 0.15) is 5.82 Å². The van der Waals surface area contributed by atoms with Gasteiger partial charge in [-0.25, -0.2) is 4.98 Å². The average molecular weight is 290 g/mol. The third kappa shape index (κ3) is 2.63. The predicted molar refractivity (Wildman–Crippen MR) is 74.2 cm³/mol. The lowest BCUT2D eigenvalue weighted by atomic mass is 10.0. The van der Waals surface area contributed by atoms with Crippen LogP contribution in [0.3, 0.4) is 0 Å². The monoisotopic (exact) mass is 290 g/mol. The molecule has 3 rings (SSSR count). The minimum absolute atomic E-state index is 0.146. The highest BCUT2D eigenvalue weighted by Crippen LogP contribution is 2.32. The van der Waals surface area contributed by atoms with E-state index in [1.807, 2.05) is 29.7 Å². The molecule has 0 amide bonds. The first-order chi connectivity index (χ1) is 9.95. The Labute approximate surface area is 119 Å². The van der Waals surface area contributed by atoms with Crippen LogP contribution in [-0.4, -0.2) is 9.38 Å². The molecule has 1 aromatic carbocycles. The molecule has 0 aliphatic heterocycles. The fraction of sp³-hybridized carbons (Fsp3) is 0.188. The maximum atomic E-state index is 13.0. The largest absolute Gasteiger partial charge is 0.416 e. The molecule has 0 atom stereocenters. The van der Waals surface area contributed by atoms with Gasteiger partial charge in [0.2, 0.25) is 0 Å². The first-order valence-electron chi connectivity index (χ1n) is 6.53. The molecule has 0 spiro atoms. The van der Waals surface area contributed by atoms with Crippen molar-refractivity contribution < 1.29 is 13.2 Å². The number of alkyl halides is 3. The summed E-state index contributed by atoms with van der Waals surface area (Å²) in [5, 5.41) is 0. The zero-order valence-corrected chi connectivity index (χ0v) is 11.4. The van der Waals surface area contributed by atoms with Crippen LogP contribution in [0.25, 0.3) is 5.52 Å². The Morgan fingerprint density at radius 3 is 2.67 bits per heavy atom. The number of hydrogen-bond donors (Lipinski definition) is 0. The number of hydrogen-bond acceptors (Lipinski definition) is 1. The Morgan fingerprint density at radius 2 is 1.90 bits per heavy atom. The fourth-order valence-electron chi connectivity index (χ4n) is 2.42. The summed E-state index contributed by atoms with van der Waals surface area (Å²) in [4.78, 5) is 4.25. The Morgan fingerprint density at radius 1 is 1.14 bits per heavy atom. The molecule has 0 N–H and O–H groups in total. The smallest absolute Gasteiger partial charge is 0.303 e. The normalized spacial score (nSPS) is 12.0. The predicted octanol–water partition coefficient (Wildman–Crippen LogP) is 4.25. The van der Waals surface area contributed by atoms with Crippen molar-refractivity contribution >= 4 is 5.52 Å². The number of halogens is 3. The quantitative estimate of drug-likeness (QED) is 0.689. The van der Waals surface area contributed by atoms with Gasteiger partial charge in [0, 0.05) is 12.6 Å². The SMILES string of the molecule is Cc1ccn2c(Cc3ccccc3C(F)(F)F)ncc2c1. The van der Waals surface area contributed by atoms with Gasteiger partial charge in [-0.3, -0.25) is 0 Å². The van der Waals surface area contributed by atoms with Crippen LogP contribution in [0.15, 0.2) is 48.8 Å². The first kappa shape index (κ1) is 13.7. The van der Waals surface area contributed by atoms with Gasteiger partial charge < -0.3 is 4.40 Å². The number of benzene rings is 1. The topological polar surface area (TPSA) is 17.3 Å². The van der Waals surface area contributed by atoms with Crippen LogP contribution in [0.4, 0.5) is 13.2 Å². The van der Waals surface area contributed by atoms with E-state index in [0.29, 0.717) is 5.82 Å². The van der Waals surface area contributed by atoms with Crippen LogP contribution >= 0.6 is 0 Å². The Kier molecular flexibility index (Phi) is 3.20. The molecule has 5 heteroatoms. The summed E-state index contributed by atoms with van der Waals surface area (Å²) in [7, 11) is 0. The van der Waals surface area contributed by atoms with Crippen LogP contribution in [0.2, 0.25) is 0 Å². The van der Waals surface area contributed by atoms with Gasteiger partial charge in [-0.05, 0) is 36.2 Å². The second-order valence-electron chi connectivity index (χ2n) is 5.01. The number of fused-ring (bicyclic) bond motifs is 1. The van der Waals surface area contributed by atoms with Crippen LogP contribution < -0.4 is 0 Å². The van der Waals surface area contributed by atoms with Gasteiger partial charge in [0.05, 0.1) is 17.3 Å². The zero-order valence-electron chi connectivity index (χ0n) is 11.4. The minimum atomic E-state index is -4.35. The molecule has 2 aromatic heterocycles. The number of imidazole rings is 1. The van der Waals surface area contributed by atoms with Crippen molar-refractivity contribution in [3.8, 4) is 0 Å². The molecular formula is C16H13F3N2. The summed E-state index contributed by atoms with van der Waals surface area (Å²) < 4.78 is 40.9. The highest BCUT2D eigenvalue weighted by molar-refractivity contribution is 5.48. The van der Waals surface area contributed by atoms with Crippen molar-refractivity contribution in [2.75, 3.05) is 0 Å². The molecule has 0 aliphatic carbocycles. The molecule has 2 heterocycles. The van der Waals surface area contributed by atoms with E-state index >= 15 is 0 Å². The number of rotatable bonds is 2. The van der Waals surface area contributed by atoms with Crippen molar-refractivity contribution in [1.29, 1.82) is 0 Å². The highest BCUT2D eigenvalue weighted by atomic mass is 19.4. The molecular weight excluding hydrogens is 277 g/mol. The molecule has 0 bridgehead atoms. The van der Waals surface area contributed by atoms with Crippen LogP contribution in [0.1, 0.15) is 22.5 Å². The van der Waals surface area contributed by atoms with Gasteiger partial charge >= 0.3 is 6.18 Å². The number of pyridine rings is 1. The third-order valence-electron chi connectivity index (χ3n) is 3.44. The van der Waals surface area contributed by atoms with Crippen LogP contribution in [0, 0.1) is 6.92 Å². The highest BCUT2D eigenvalue weighted by Gasteiger charge is 2.33. The molecule has 0 fully saturated rings. The van der Waals surface area contributed by atoms with Crippen molar-refractivity contribution in [2.45, 2.75) is 19.5 Å². The first-order valence-corrected chi connectivity index (χ1v) is 6.53. The van der Waals surface area contributed by atoms with Gasteiger partial charge in [0.15, 0.2) is 0 Å². The lowest BCUT2D eigenvalue weighted by Crippen LogP contribution is -2.10. The van der Waals surface area contributed by atoms with E-state index in [1.165, 1.54) is 12.1 Å². The molecule has 0 saturated heterocycles. The van der Waals surface area contributed by atoms with Crippen LogP contribution in [-0.2, 0) is 12.6 Å². The summed E-state index contributed by atoms with van der Waals surface area (Å²) in [6.45, 7) is 1.96. The molecule has 0 aliphatic rings. The summed E-state index contributed by atoms with van der Waals surface area (Å²) in [5.74, 6) is 0.599. The van der Waals surface area contributed by atoms with E-state index in [1.54, 1.807) is 12.3 Å². The molecule has 2 nitrogen and oxygen atoms in total. The number of nitrogens with zero attached hydrogens (tertiary/aromatic N) is 2. The van der Waals surface area contributed by atoms with Crippen LogP contribution in [0.5, 0.6) is 0 Å². The maximum absolute atomic E-state index is 13.0.